The van der Waals surface area contributed by atoms with E-state index in [4.69, 9.17) is 5.11 Å². The first kappa shape index (κ1) is 10.8. The highest BCUT2D eigenvalue weighted by Crippen LogP contribution is 2.10. The first-order valence-corrected chi connectivity index (χ1v) is 4.90. The normalized spacial score (nSPS) is 8.93. The monoisotopic (exact) mass is 252 g/mol. The van der Waals surface area contributed by atoms with Crippen LogP contribution in [-0.2, 0) is 11.2 Å². The number of hydrogen-bond donors (Lipinski definition) is 1. The predicted octanol–water partition coefficient (Wildman–Crippen LogP) is 2.47. The van der Waals surface area contributed by atoms with Crippen molar-refractivity contribution >= 4 is 21.9 Å². The Morgan fingerprint density at radius 1 is 1.29 bits per heavy atom. The van der Waals surface area contributed by atoms with Crippen LogP contribution in [0.2, 0.25) is 0 Å². The highest BCUT2D eigenvalue weighted by Gasteiger charge is 1.90. The molecule has 1 rings (SSSR count). The van der Waals surface area contributed by atoms with Crippen LogP contribution in [0.15, 0.2) is 28.7 Å². The molecular weight excluding hydrogens is 244 g/mol. The Morgan fingerprint density at radius 2 is 1.93 bits per heavy atom. The van der Waals surface area contributed by atoms with Gasteiger partial charge in [-0.2, -0.15) is 0 Å². The summed E-state index contributed by atoms with van der Waals surface area (Å²) in [6, 6.07) is 7.79. The van der Waals surface area contributed by atoms with Crippen LogP contribution < -0.4 is 0 Å². The van der Waals surface area contributed by atoms with Crippen molar-refractivity contribution in [2.45, 2.75) is 12.8 Å². The largest absolute Gasteiger partial charge is 0.481 e. The predicted molar refractivity (Wildman–Crippen MR) is 57.9 cm³/mol. The maximum Gasteiger partial charge on any atom is 0.315 e. The third kappa shape index (κ3) is 4.11. The lowest BCUT2D eigenvalue weighted by Gasteiger charge is -1.93. The molecule has 0 aliphatic heterocycles. The van der Waals surface area contributed by atoms with Crippen LogP contribution in [0.25, 0.3) is 0 Å². The highest BCUT2D eigenvalue weighted by atomic mass is 79.9. The van der Waals surface area contributed by atoms with Crippen LogP contribution in [0.4, 0.5) is 0 Å². The van der Waals surface area contributed by atoms with E-state index in [2.05, 4.69) is 27.8 Å². The van der Waals surface area contributed by atoms with Crippen molar-refractivity contribution in [2.24, 2.45) is 0 Å². The molecule has 14 heavy (non-hydrogen) atoms. The van der Waals surface area contributed by atoms with Gasteiger partial charge in [-0.3, -0.25) is 4.79 Å². The van der Waals surface area contributed by atoms with Gasteiger partial charge in [0.2, 0.25) is 0 Å². The van der Waals surface area contributed by atoms with E-state index in [1.807, 2.05) is 24.3 Å². The fourth-order valence-corrected chi connectivity index (χ4v) is 1.17. The maximum absolute atomic E-state index is 10.1. The minimum absolute atomic E-state index is 0.0868. The summed E-state index contributed by atoms with van der Waals surface area (Å²) in [5, 5.41) is 8.34. The molecular formula is C11H9BrO2. The van der Waals surface area contributed by atoms with Crippen molar-refractivity contribution in [3.05, 3.63) is 34.3 Å². The Kier molecular flexibility index (Phi) is 4.21. The van der Waals surface area contributed by atoms with Gasteiger partial charge in [-0.05, 0) is 17.7 Å². The van der Waals surface area contributed by atoms with E-state index in [1.54, 1.807) is 0 Å². The van der Waals surface area contributed by atoms with Gasteiger partial charge in [-0.25, -0.2) is 0 Å². The van der Waals surface area contributed by atoms with Crippen LogP contribution >= 0.6 is 15.9 Å². The number of carboxylic acid groups (broad SMARTS) is 1. The van der Waals surface area contributed by atoms with Crippen LogP contribution in [0, 0.1) is 11.8 Å². The molecule has 0 atom stereocenters. The molecule has 1 aromatic carbocycles. The summed E-state index contributed by atoms with van der Waals surface area (Å²) in [5.41, 5.74) is 1.09. The number of aliphatic carboxylic acids is 1. The fourth-order valence-electron chi connectivity index (χ4n) is 0.905. The number of benzene rings is 1. The Morgan fingerprint density at radius 3 is 2.50 bits per heavy atom. The Bertz CT molecular complexity index is 371. The molecule has 1 aromatic rings. The second kappa shape index (κ2) is 5.46. The van der Waals surface area contributed by atoms with Crippen molar-refractivity contribution in [3.63, 3.8) is 0 Å². The molecule has 72 valence electrons. The molecule has 0 aliphatic carbocycles. The molecule has 0 bridgehead atoms. The average molecular weight is 253 g/mol. The number of carbonyl (C=O) groups is 1. The zero-order valence-electron chi connectivity index (χ0n) is 7.46. The van der Waals surface area contributed by atoms with Crippen LogP contribution in [0.3, 0.4) is 0 Å². The molecule has 0 aliphatic rings. The number of halogens is 1. The number of hydrogen-bond acceptors (Lipinski definition) is 1. The van der Waals surface area contributed by atoms with Crippen molar-refractivity contribution < 1.29 is 9.90 Å². The zero-order valence-corrected chi connectivity index (χ0v) is 9.04. The van der Waals surface area contributed by atoms with Crippen molar-refractivity contribution in [1.82, 2.24) is 0 Å². The van der Waals surface area contributed by atoms with Crippen LogP contribution in [0.1, 0.15) is 12.0 Å². The van der Waals surface area contributed by atoms with Crippen LogP contribution in [0.5, 0.6) is 0 Å². The first-order chi connectivity index (χ1) is 6.68. The second-order valence-electron chi connectivity index (χ2n) is 2.73. The minimum Gasteiger partial charge on any atom is -0.481 e. The molecule has 0 unspecified atom stereocenters. The minimum atomic E-state index is -0.881. The van der Waals surface area contributed by atoms with Gasteiger partial charge in [0, 0.05) is 10.9 Å². The van der Waals surface area contributed by atoms with E-state index in [1.165, 1.54) is 0 Å². The lowest BCUT2D eigenvalue weighted by Crippen LogP contribution is -1.90. The number of rotatable bonds is 2. The van der Waals surface area contributed by atoms with Gasteiger partial charge in [0.05, 0.1) is 0 Å². The molecule has 0 spiro atoms. The summed E-state index contributed by atoms with van der Waals surface area (Å²) in [7, 11) is 0. The van der Waals surface area contributed by atoms with Crippen molar-refractivity contribution in [2.75, 3.05) is 0 Å². The van der Waals surface area contributed by atoms with E-state index in [-0.39, 0.29) is 6.42 Å². The molecule has 3 heteroatoms. The number of carboxylic acids is 1. The van der Waals surface area contributed by atoms with E-state index in [9.17, 15) is 4.79 Å². The second-order valence-corrected chi connectivity index (χ2v) is 3.64. The summed E-state index contributed by atoms with van der Waals surface area (Å²) in [4.78, 5) is 10.1. The standard InChI is InChI=1S/C11H9BrO2/c12-10-7-5-9(6-8-10)3-1-2-4-11(13)14/h5-8H,3-4H2,(H,13,14). The molecule has 0 fully saturated rings. The van der Waals surface area contributed by atoms with Gasteiger partial charge in [-0.1, -0.05) is 39.9 Å². The van der Waals surface area contributed by atoms with Gasteiger partial charge < -0.3 is 5.11 Å². The Hall–Kier alpha value is -1.27. The highest BCUT2D eigenvalue weighted by molar-refractivity contribution is 9.10. The van der Waals surface area contributed by atoms with Crippen molar-refractivity contribution in [3.8, 4) is 11.8 Å². The van der Waals surface area contributed by atoms with E-state index < -0.39 is 5.97 Å². The lowest BCUT2D eigenvalue weighted by atomic mass is 10.1. The zero-order chi connectivity index (χ0) is 10.4. The third-order valence-electron chi connectivity index (χ3n) is 1.57. The molecule has 0 aromatic heterocycles. The van der Waals surface area contributed by atoms with Gasteiger partial charge in [-0.15, -0.1) is 0 Å². The lowest BCUT2D eigenvalue weighted by molar-refractivity contribution is -0.135. The topological polar surface area (TPSA) is 37.3 Å². The molecule has 0 radical (unpaired) electrons. The van der Waals surface area contributed by atoms with E-state index in [0.717, 1.165) is 10.0 Å². The quantitative estimate of drug-likeness (QED) is 0.822. The molecule has 2 nitrogen and oxygen atoms in total. The van der Waals surface area contributed by atoms with Crippen LogP contribution in [-0.4, -0.2) is 11.1 Å². The average Bonchev–Trinajstić information content (AvgIpc) is 2.15. The summed E-state index contributed by atoms with van der Waals surface area (Å²) >= 11 is 3.33. The fraction of sp³-hybridized carbons (Fsp3) is 0.182. The Labute approximate surface area is 91.1 Å². The third-order valence-corrected chi connectivity index (χ3v) is 2.10. The summed E-state index contributed by atoms with van der Waals surface area (Å²) in [5.74, 6) is 4.51. The van der Waals surface area contributed by atoms with Gasteiger partial charge in [0.25, 0.3) is 0 Å². The summed E-state index contributed by atoms with van der Waals surface area (Å²) in [6.07, 6.45) is 0.511. The van der Waals surface area contributed by atoms with Gasteiger partial charge >= 0.3 is 5.97 Å². The SMILES string of the molecule is O=C(O)CC#CCc1ccc(Br)cc1. The molecule has 1 N–H and O–H groups in total. The molecule has 0 heterocycles. The molecule has 0 saturated carbocycles. The summed E-state index contributed by atoms with van der Waals surface area (Å²) in [6.45, 7) is 0. The van der Waals surface area contributed by atoms with Gasteiger partial charge in [0.1, 0.15) is 6.42 Å². The molecule has 0 amide bonds. The Balaban J connectivity index is 2.48. The maximum atomic E-state index is 10.1. The van der Waals surface area contributed by atoms with Crippen molar-refractivity contribution in [1.29, 1.82) is 0 Å². The first-order valence-electron chi connectivity index (χ1n) is 4.10. The van der Waals surface area contributed by atoms with Gasteiger partial charge in [0.15, 0.2) is 0 Å². The van der Waals surface area contributed by atoms with E-state index >= 15 is 0 Å². The smallest absolute Gasteiger partial charge is 0.315 e. The molecule has 0 saturated heterocycles. The summed E-state index contributed by atoms with van der Waals surface area (Å²) < 4.78 is 1.03. The van der Waals surface area contributed by atoms with E-state index in [0.29, 0.717) is 6.42 Å².